The minimum absolute atomic E-state index is 0.0538. The number of hydrogen-bond donors (Lipinski definition) is 0. The SMILES string of the molecule is CC(C)CCN1CCn2c(-c3ccc(N4CCOCC4)cc3)cnc2C1=O. The Morgan fingerprint density at radius 3 is 2.52 bits per heavy atom. The highest BCUT2D eigenvalue weighted by Crippen LogP contribution is 2.27. The lowest BCUT2D eigenvalue weighted by atomic mass is 10.1. The fourth-order valence-corrected chi connectivity index (χ4v) is 3.76. The first-order chi connectivity index (χ1) is 13.1. The first kappa shape index (κ1) is 18.0. The molecule has 4 rings (SSSR count). The van der Waals surface area contributed by atoms with Crippen LogP contribution < -0.4 is 4.90 Å². The van der Waals surface area contributed by atoms with Gasteiger partial charge in [0.05, 0.1) is 25.1 Å². The molecule has 1 aromatic carbocycles. The molecule has 0 N–H and O–H groups in total. The fourth-order valence-electron chi connectivity index (χ4n) is 3.76. The van der Waals surface area contributed by atoms with Gasteiger partial charge in [0.25, 0.3) is 5.91 Å². The third-order valence-corrected chi connectivity index (χ3v) is 5.44. The summed E-state index contributed by atoms with van der Waals surface area (Å²) in [7, 11) is 0. The highest BCUT2D eigenvalue weighted by atomic mass is 16.5. The number of anilines is 1. The van der Waals surface area contributed by atoms with Crippen molar-refractivity contribution in [3.8, 4) is 11.3 Å². The lowest BCUT2D eigenvalue weighted by Crippen LogP contribution is -2.41. The number of aromatic nitrogens is 2. The average molecular weight is 368 g/mol. The lowest BCUT2D eigenvalue weighted by molar-refractivity contribution is 0.0690. The van der Waals surface area contributed by atoms with E-state index in [4.69, 9.17) is 4.74 Å². The van der Waals surface area contributed by atoms with Crippen LogP contribution in [0.25, 0.3) is 11.3 Å². The second-order valence-corrected chi connectivity index (χ2v) is 7.74. The summed E-state index contributed by atoms with van der Waals surface area (Å²) in [4.78, 5) is 21.5. The summed E-state index contributed by atoms with van der Waals surface area (Å²) < 4.78 is 7.49. The maximum absolute atomic E-state index is 12.8. The smallest absolute Gasteiger partial charge is 0.289 e. The number of morpholine rings is 1. The molecule has 1 fully saturated rings. The molecule has 6 heteroatoms. The summed E-state index contributed by atoms with van der Waals surface area (Å²) in [5.74, 6) is 1.22. The van der Waals surface area contributed by atoms with E-state index in [1.54, 1.807) is 0 Å². The molecule has 2 aromatic rings. The molecule has 0 unspecified atom stereocenters. The van der Waals surface area contributed by atoms with Crippen LogP contribution in [0.3, 0.4) is 0 Å². The van der Waals surface area contributed by atoms with Crippen LogP contribution in [0.2, 0.25) is 0 Å². The van der Waals surface area contributed by atoms with Crippen molar-refractivity contribution >= 4 is 11.6 Å². The van der Waals surface area contributed by atoms with E-state index in [2.05, 4.69) is 52.6 Å². The molecule has 0 spiro atoms. The van der Waals surface area contributed by atoms with E-state index in [0.29, 0.717) is 11.7 Å². The summed E-state index contributed by atoms with van der Waals surface area (Å²) in [5, 5.41) is 0. The molecule has 0 atom stereocenters. The molecular formula is C21H28N4O2. The Morgan fingerprint density at radius 2 is 1.81 bits per heavy atom. The number of benzene rings is 1. The normalized spacial score (nSPS) is 17.5. The van der Waals surface area contributed by atoms with Crippen LogP contribution in [0.15, 0.2) is 30.5 Å². The number of hydrogen-bond acceptors (Lipinski definition) is 4. The summed E-state index contributed by atoms with van der Waals surface area (Å²) in [6, 6.07) is 8.57. The maximum atomic E-state index is 12.8. The zero-order valence-corrected chi connectivity index (χ0v) is 16.2. The Morgan fingerprint density at radius 1 is 1.07 bits per heavy atom. The van der Waals surface area contributed by atoms with Gasteiger partial charge in [-0.3, -0.25) is 4.79 Å². The minimum Gasteiger partial charge on any atom is -0.378 e. The van der Waals surface area contributed by atoms with E-state index in [0.717, 1.165) is 63.6 Å². The largest absolute Gasteiger partial charge is 0.378 e. The number of fused-ring (bicyclic) bond motifs is 1. The molecule has 3 heterocycles. The molecule has 6 nitrogen and oxygen atoms in total. The van der Waals surface area contributed by atoms with Gasteiger partial charge in [0.1, 0.15) is 0 Å². The van der Waals surface area contributed by atoms with Gasteiger partial charge < -0.3 is 19.1 Å². The summed E-state index contributed by atoms with van der Waals surface area (Å²) in [5.41, 5.74) is 3.35. The van der Waals surface area contributed by atoms with E-state index < -0.39 is 0 Å². The van der Waals surface area contributed by atoms with Crippen LogP contribution in [0.5, 0.6) is 0 Å². The van der Waals surface area contributed by atoms with E-state index in [-0.39, 0.29) is 5.91 Å². The highest BCUT2D eigenvalue weighted by molar-refractivity contribution is 5.92. The van der Waals surface area contributed by atoms with Gasteiger partial charge in [-0.15, -0.1) is 0 Å². The van der Waals surface area contributed by atoms with Crippen molar-refractivity contribution < 1.29 is 9.53 Å². The second-order valence-electron chi connectivity index (χ2n) is 7.74. The van der Waals surface area contributed by atoms with Crippen LogP contribution in [0, 0.1) is 5.92 Å². The predicted octanol–water partition coefficient (Wildman–Crippen LogP) is 2.89. The zero-order chi connectivity index (χ0) is 18.8. The molecule has 1 saturated heterocycles. The molecule has 2 aliphatic rings. The number of rotatable bonds is 5. The predicted molar refractivity (Wildman–Crippen MR) is 106 cm³/mol. The van der Waals surface area contributed by atoms with Crippen LogP contribution in [0.1, 0.15) is 30.9 Å². The monoisotopic (exact) mass is 368 g/mol. The van der Waals surface area contributed by atoms with E-state index in [9.17, 15) is 4.79 Å². The van der Waals surface area contributed by atoms with Crippen molar-refractivity contribution in [2.24, 2.45) is 5.92 Å². The van der Waals surface area contributed by atoms with Crippen LogP contribution >= 0.6 is 0 Å². The van der Waals surface area contributed by atoms with Crippen LogP contribution in [-0.4, -0.2) is 59.8 Å². The second kappa shape index (κ2) is 7.72. The van der Waals surface area contributed by atoms with E-state index in [1.807, 2.05) is 11.1 Å². The number of carbonyl (C=O) groups excluding carboxylic acids is 1. The van der Waals surface area contributed by atoms with Gasteiger partial charge in [-0.2, -0.15) is 0 Å². The molecule has 27 heavy (non-hydrogen) atoms. The summed E-state index contributed by atoms with van der Waals surface area (Å²) in [6.07, 6.45) is 2.87. The quantitative estimate of drug-likeness (QED) is 0.814. The van der Waals surface area contributed by atoms with Crippen molar-refractivity contribution in [1.82, 2.24) is 14.5 Å². The maximum Gasteiger partial charge on any atom is 0.289 e. The van der Waals surface area contributed by atoms with Crippen molar-refractivity contribution in [1.29, 1.82) is 0 Å². The molecule has 144 valence electrons. The van der Waals surface area contributed by atoms with Gasteiger partial charge in [0.2, 0.25) is 0 Å². The van der Waals surface area contributed by atoms with Crippen LogP contribution in [-0.2, 0) is 11.3 Å². The highest BCUT2D eigenvalue weighted by Gasteiger charge is 2.28. The molecule has 0 radical (unpaired) electrons. The van der Waals surface area contributed by atoms with Crippen LogP contribution in [0.4, 0.5) is 5.69 Å². The average Bonchev–Trinajstić information content (AvgIpc) is 3.13. The molecular weight excluding hydrogens is 340 g/mol. The Hall–Kier alpha value is -2.34. The molecule has 0 bridgehead atoms. The Labute approximate surface area is 160 Å². The Bertz CT molecular complexity index is 791. The first-order valence-electron chi connectivity index (χ1n) is 9.91. The minimum atomic E-state index is 0.0538. The van der Waals surface area contributed by atoms with Gasteiger partial charge in [-0.05, 0) is 30.0 Å². The number of ether oxygens (including phenoxy) is 1. The van der Waals surface area contributed by atoms with E-state index >= 15 is 0 Å². The summed E-state index contributed by atoms with van der Waals surface area (Å²) in [6.45, 7) is 10.2. The molecule has 0 aliphatic carbocycles. The van der Waals surface area contributed by atoms with Crippen molar-refractivity contribution in [3.63, 3.8) is 0 Å². The number of amides is 1. The topological polar surface area (TPSA) is 50.6 Å². The third kappa shape index (κ3) is 3.72. The zero-order valence-electron chi connectivity index (χ0n) is 16.2. The molecule has 2 aliphatic heterocycles. The van der Waals surface area contributed by atoms with Crippen molar-refractivity contribution in [2.45, 2.75) is 26.8 Å². The van der Waals surface area contributed by atoms with Gasteiger partial charge in [-0.1, -0.05) is 26.0 Å². The molecule has 1 aromatic heterocycles. The number of carbonyl (C=O) groups is 1. The molecule has 0 saturated carbocycles. The first-order valence-corrected chi connectivity index (χ1v) is 9.91. The standard InChI is InChI=1S/C21H28N4O2/c1-16(2)7-8-24-9-10-25-19(15-22-20(25)21(24)26)17-3-5-18(6-4-17)23-11-13-27-14-12-23/h3-6,15-16H,7-14H2,1-2H3. The van der Waals surface area contributed by atoms with E-state index in [1.165, 1.54) is 5.69 Å². The van der Waals surface area contributed by atoms with Gasteiger partial charge in [0, 0.05) is 38.4 Å². The van der Waals surface area contributed by atoms with Crippen molar-refractivity contribution in [3.05, 3.63) is 36.3 Å². The Kier molecular flexibility index (Phi) is 5.16. The number of imidazole rings is 1. The van der Waals surface area contributed by atoms with Gasteiger partial charge in [-0.25, -0.2) is 4.98 Å². The number of nitrogens with zero attached hydrogens (tertiary/aromatic N) is 4. The third-order valence-electron chi connectivity index (χ3n) is 5.44. The summed E-state index contributed by atoms with van der Waals surface area (Å²) >= 11 is 0. The fraction of sp³-hybridized carbons (Fsp3) is 0.524. The van der Waals surface area contributed by atoms with Gasteiger partial charge >= 0.3 is 0 Å². The Balaban J connectivity index is 1.51. The molecule has 1 amide bonds. The lowest BCUT2D eigenvalue weighted by Gasteiger charge is -2.29. The van der Waals surface area contributed by atoms with Gasteiger partial charge in [0.15, 0.2) is 5.82 Å². The van der Waals surface area contributed by atoms with Crippen molar-refractivity contribution in [2.75, 3.05) is 44.3 Å².